The van der Waals surface area contributed by atoms with Crippen molar-refractivity contribution < 1.29 is 19.7 Å². The van der Waals surface area contributed by atoms with Crippen LogP contribution in [0.4, 0.5) is 0 Å². The predicted molar refractivity (Wildman–Crippen MR) is 48.2 cm³/mol. The van der Waals surface area contributed by atoms with Gasteiger partial charge in [0.15, 0.2) is 17.2 Å². The highest BCUT2D eigenvalue weighted by atomic mass is 16.6. The maximum Gasteiger partial charge on any atom is 0.198 e. The topological polar surface area (TPSA) is 66.8 Å². The molecule has 2 atom stereocenters. The zero-order chi connectivity index (χ0) is 10.7. The summed E-state index contributed by atoms with van der Waals surface area (Å²) in [4.78, 5) is 11.4. The first-order valence-corrected chi connectivity index (χ1v) is 4.39. The third-order valence-corrected chi connectivity index (χ3v) is 2.46. The van der Waals surface area contributed by atoms with Crippen molar-refractivity contribution in [2.24, 2.45) is 0 Å². The van der Waals surface area contributed by atoms with E-state index in [4.69, 9.17) is 4.74 Å². The van der Waals surface area contributed by atoms with Crippen LogP contribution in [0.2, 0.25) is 0 Å². The van der Waals surface area contributed by atoms with Gasteiger partial charge in [0.2, 0.25) is 0 Å². The number of Topliss-reactive ketones (excluding diaryl/α,β-unsaturated/α-hetero) is 1. The smallest absolute Gasteiger partial charge is 0.198 e. The highest BCUT2D eigenvalue weighted by Crippen LogP contribution is 2.28. The summed E-state index contributed by atoms with van der Waals surface area (Å²) in [7, 11) is 1.25. The molecule has 78 valence electrons. The minimum absolute atomic E-state index is 0.126. The molecular formula is C9H18O4. The van der Waals surface area contributed by atoms with Crippen LogP contribution in [0.1, 0.15) is 33.6 Å². The van der Waals surface area contributed by atoms with E-state index in [2.05, 4.69) is 0 Å². The number of carbonyl (C=O) groups excluding carboxylic acids is 1. The van der Waals surface area contributed by atoms with Crippen molar-refractivity contribution in [2.75, 3.05) is 7.11 Å². The van der Waals surface area contributed by atoms with E-state index in [-0.39, 0.29) is 12.8 Å². The number of carbonyl (C=O) groups is 1. The van der Waals surface area contributed by atoms with Crippen LogP contribution in [0, 0.1) is 0 Å². The SMILES string of the molecule is CCC(=O)[C@@](O)(CC)[C@@](C)(O)OC. The van der Waals surface area contributed by atoms with Gasteiger partial charge in [-0.2, -0.15) is 0 Å². The van der Waals surface area contributed by atoms with Gasteiger partial charge in [-0.15, -0.1) is 0 Å². The first-order chi connectivity index (χ1) is 5.85. The Hall–Kier alpha value is -0.450. The fourth-order valence-electron chi connectivity index (χ4n) is 1.25. The lowest BCUT2D eigenvalue weighted by Crippen LogP contribution is -2.58. The van der Waals surface area contributed by atoms with Gasteiger partial charge in [0.1, 0.15) is 0 Å². The van der Waals surface area contributed by atoms with Crippen LogP contribution < -0.4 is 0 Å². The van der Waals surface area contributed by atoms with Crippen LogP contribution >= 0.6 is 0 Å². The summed E-state index contributed by atoms with van der Waals surface area (Å²) < 4.78 is 4.70. The minimum atomic E-state index is -1.82. The van der Waals surface area contributed by atoms with Gasteiger partial charge in [0, 0.05) is 13.5 Å². The second-order valence-electron chi connectivity index (χ2n) is 3.18. The third kappa shape index (κ3) is 2.07. The Morgan fingerprint density at radius 2 is 1.85 bits per heavy atom. The Bertz CT molecular complexity index is 188. The second kappa shape index (κ2) is 4.17. The number of ether oxygens (including phenoxy) is 1. The molecule has 0 spiro atoms. The molecule has 0 fully saturated rings. The molecule has 0 saturated heterocycles. The Morgan fingerprint density at radius 1 is 1.38 bits per heavy atom. The standard InChI is InChI=1S/C9H18O4/c1-5-7(10)9(12,6-2)8(3,11)13-4/h11-12H,5-6H2,1-4H3/t8-,9-/m0/s1. The van der Waals surface area contributed by atoms with Crippen molar-refractivity contribution in [3.8, 4) is 0 Å². The van der Waals surface area contributed by atoms with Crippen LogP contribution in [-0.4, -0.2) is 34.5 Å². The normalized spacial score (nSPS) is 20.5. The molecule has 13 heavy (non-hydrogen) atoms. The summed E-state index contributed by atoms with van der Waals surface area (Å²) in [6, 6.07) is 0. The summed E-state index contributed by atoms with van der Waals surface area (Å²) in [6.07, 6.45) is 0.296. The Kier molecular flexibility index (Phi) is 4.03. The lowest BCUT2D eigenvalue weighted by molar-refractivity contribution is -0.268. The summed E-state index contributed by atoms with van der Waals surface area (Å²) in [5.41, 5.74) is -1.81. The maximum atomic E-state index is 11.4. The first-order valence-electron chi connectivity index (χ1n) is 4.39. The van der Waals surface area contributed by atoms with Gasteiger partial charge in [-0.05, 0) is 13.3 Å². The van der Waals surface area contributed by atoms with Gasteiger partial charge in [-0.25, -0.2) is 0 Å². The highest BCUT2D eigenvalue weighted by Gasteiger charge is 2.49. The molecule has 0 aromatic heterocycles. The third-order valence-electron chi connectivity index (χ3n) is 2.46. The molecule has 4 nitrogen and oxygen atoms in total. The molecule has 0 heterocycles. The Morgan fingerprint density at radius 3 is 2.08 bits per heavy atom. The minimum Gasteiger partial charge on any atom is -0.377 e. The van der Waals surface area contributed by atoms with E-state index >= 15 is 0 Å². The van der Waals surface area contributed by atoms with Crippen molar-refractivity contribution in [3.05, 3.63) is 0 Å². The van der Waals surface area contributed by atoms with E-state index in [9.17, 15) is 15.0 Å². The molecule has 0 radical (unpaired) electrons. The summed E-state index contributed by atoms with van der Waals surface area (Å²) >= 11 is 0. The fraction of sp³-hybridized carbons (Fsp3) is 0.889. The van der Waals surface area contributed by atoms with E-state index < -0.39 is 17.2 Å². The fourth-order valence-corrected chi connectivity index (χ4v) is 1.25. The zero-order valence-corrected chi connectivity index (χ0v) is 8.63. The van der Waals surface area contributed by atoms with Crippen molar-refractivity contribution >= 4 is 5.78 Å². The molecule has 0 aromatic carbocycles. The summed E-state index contributed by atoms with van der Waals surface area (Å²) in [5, 5.41) is 19.5. The summed E-state index contributed by atoms with van der Waals surface area (Å²) in [5.74, 6) is -2.24. The molecule has 2 N–H and O–H groups in total. The van der Waals surface area contributed by atoms with Crippen LogP contribution in [0.25, 0.3) is 0 Å². The molecule has 0 unspecified atom stereocenters. The molecule has 0 aliphatic rings. The average Bonchev–Trinajstić information content (AvgIpc) is 2.14. The number of rotatable bonds is 5. The first kappa shape index (κ1) is 12.6. The van der Waals surface area contributed by atoms with Gasteiger partial charge < -0.3 is 14.9 Å². The van der Waals surface area contributed by atoms with Crippen molar-refractivity contribution in [2.45, 2.75) is 45.0 Å². The molecule has 0 aromatic rings. The molecule has 0 aliphatic carbocycles. The Balaban J connectivity index is 4.93. The van der Waals surface area contributed by atoms with Crippen molar-refractivity contribution in [1.82, 2.24) is 0 Å². The van der Waals surface area contributed by atoms with Crippen LogP contribution in [-0.2, 0) is 9.53 Å². The molecule has 0 aliphatic heterocycles. The molecule has 4 heteroatoms. The van der Waals surface area contributed by atoms with Crippen molar-refractivity contribution in [3.63, 3.8) is 0 Å². The maximum absolute atomic E-state index is 11.4. The molecule has 0 amide bonds. The Labute approximate surface area is 78.5 Å². The van der Waals surface area contributed by atoms with Crippen LogP contribution in [0.15, 0.2) is 0 Å². The summed E-state index contributed by atoms with van der Waals surface area (Å²) in [6.45, 7) is 4.54. The number of hydrogen-bond acceptors (Lipinski definition) is 4. The van der Waals surface area contributed by atoms with E-state index in [0.29, 0.717) is 0 Å². The van der Waals surface area contributed by atoms with Gasteiger partial charge in [0.05, 0.1) is 0 Å². The van der Waals surface area contributed by atoms with Gasteiger partial charge in [-0.3, -0.25) is 4.79 Å². The van der Waals surface area contributed by atoms with E-state index in [1.165, 1.54) is 14.0 Å². The predicted octanol–water partition coefficient (Wildman–Crippen LogP) is 0.461. The second-order valence-corrected chi connectivity index (χ2v) is 3.18. The zero-order valence-electron chi connectivity index (χ0n) is 8.63. The molecular weight excluding hydrogens is 172 g/mol. The molecule has 0 bridgehead atoms. The monoisotopic (exact) mass is 190 g/mol. The van der Waals surface area contributed by atoms with Crippen LogP contribution in [0.3, 0.4) is 0 Å². The quantitative estimate of drug-likeness (QED) is 0.618. The number of aliphatic hydroxyl groups is 2. The number of ketones is 1. The lowest BCUT2D eigenvalue weighted by atomic mass is 9.85. The molecule has 0 rings (SSSR count). The number of methoxy groups -OCH3 is 1. The van der Waals surface area contributed by atoms with Crippen molar-refractivity contribution in [1.29, 1.82) is 0 Å². The molecule has 0 saturated carbocycles. The van der Waals surface area contributed by atoms with Crippen LogP contribution in [0.5, 0.6) is 0 Å². The van der Waals surface area contributed by atoms with Gasteiger partial charge in [0.25, 0.3) is 0 Å². The van der Waals surface area contributed by atoms with E-state index in [1.54, 1.807) is 13.8 Å². The number of hydrogen-bond donors (Lipinski definition) is 2. The lowest BCUT2D eigenvalue weighted by Gasteiger charge is -2.37. The highest BCUT2D eigenvalue weighted by molar-refractivity contribution is 5.87. The van der Waals surface area contributed by atoms with Gasteiger partial charge in [-0.1, -0.05) is 13.8 Å². The average molecular weight is 190 g/mol. The largest absolute Gasteiger partial charge is 0.377 e. The van der Waals surface area contributed by atoms with E-state index in [1.807, 2.05) is 0 Å². The van der Waals surface area contributed by atoms with E-state index in [0.717, 1.165) is 0 Å². The van der Waals surface area contributed by atoms with Gasteiger partial charge >= 0.3 is 0 Å².